The highest BCUT2D eigenvalue weighted by molar-refractivity contribution is 5.76. The van der Waals surface area contributed by atoms with Crippen LogP contribution in [-0.2, 0) is 4.79 Å². The lowest BCUT2D eigenvalue weighted by Gasteiger charge is -2.23. The van der Waals surface area contributed by atoms with Gasteiger partial charge in [0.05, 0.1) is 0 Å². The third-order valence-corrected chi connectivity index (χ3v) is 3.44. The average molecular weight is 242 g/mol. The van der Waals surface area contributed by atoms with Crippen LogP contribution < -0.4 is 5.73 Å². The van der Waals surface area contributed by atoms with Gasteiger partial charge in [0.2, 0.25) is 5.91 Å². The Balaban J connectivity index is 4.09. The second kappa shape index (κ2) is 9.46. The number of carbonyl (C=O) groups is 1. The molecule has 1 unspecified atom stereocenters. The van der Waals surface area contributed by atoms with Gasteiger partial charge in [-0.1, -0.05) is 20.8 Å². The van der Waals surface area contributed by atoms with E-state index in [1.807, 2.05) is 11.8 Å². The summed E-state index contributed by atoms with van der Waals surface area (Å²) in [6, 6.07) is 0. The number of hydrogen-bond acceptors (Lipinski definition) is 2. The number of hydrogen-bond donors (Lipinski definition) is 1. The van der Waals surface area contributed by atoms with E-state index in [2.05, 4.69) is 20.8 Å². The Kier molecular flexibility index (Phi) is 9.14. The van der Waals surface area contributed by atoms with Gasteiger partial charge in [-0.15, -0.1) is 0 Å². The first-order valence-corrected chi connectivity index (χ1v) is 7.04. The monoisotopic (exact) mass is 242 g/mol. The Morgan fingerprint density at radius 2 is 1.88 bits per heavy atom. The summed E-state index contributed by atoms with van der Waals surface area (Å²) in [5.74, 6) is 1.51. The van der Waals surface area contributed by atoms with Gasteiger partial charge < -0.3 is 10.6 Å². The van der Waals surface area contributed by atoms with E-state index in [1.165, 1.54) is 0 Å². The highest BCUT2D eigenvalue weighted by atomic mass is 16.2. The van der Waals surface area contributed by atoms with Crippen molar-refractivity contribution in [2.45, 2.75) is 53.4 Å². The van der Waals surface area contributed by atoms with Gasteiger partial charge >= 0.3 is 0 Å². The van der Waals surface area contributed by atoms with Crippen LogP contribution in [0.15, 0.2) is 0 Å². The first-order valence-electron chi connectivity index (χ1n) is 7.04. The van der Waals surface area contributed by atoms with Crippen LogP contribution >= 0.6 is 0 Å². The highest BCUT2D eigenvalue weighted by Gasteiger charge is 2.16. The first-order chi connectivity index (χ1) is 8.06. The zero-order valence-corrected chi connectivity index (χ0v) is 12.0. The summed E-state index contributed by atoms with van der Waals surface area (Å²) in [7, 11) is 0. The zero-order chi connectivity index (χ0) is 13.3. The smallest absolute Gasteiger partial charge is 0.222 e. The minimum atomic E-state index is 0.303. The lowest BCUT2D eigenvalue weighted by atomic mass is 9.88. The number of amides is 1. The molecule has 0 saturated carbocycles. The predicted molar refractivity (Wildman–Crippen MR) is 73.8 cm³/mol. The molecule has 3 nitrogen and oxygen atoms in total. The Bertz CT molecular complexity index is 204. The molecule has 0 radical (unpaired) electrons. The molecule has 0 aliphatic carbocycles. The molecule has 0 aliphatic rings. The van der Waals surface area contributed by atoms with Gasteiger partial charge in [-0.2, -0.15) is 0 Å². The minimum absolute atomic E-state index is 0.303. The van der Waals surface area contributed by atoms with Gasteiger partial charge in [0.1, 0.15) is 0 Å². The molecule has 0 aromatic heterocycles. The van der Waals surface area contributed by atoms with E-state index in [1.54, 1.807) is 0 Å². The van der Waals surface area contributed by atoms with Gasteiger partial charge in [0.15, 0.2) is 0 Å². The van der Waals surface area contributed by atoms with Crippen LogP contribution in [0.3, 0.4) is 0 Å². The molecule has 102 valence electrons. The third-order valence-electron chi connectivity index (χ3n) is 3.44. The van der Waals surface area contributed by atoms with E-state index in [9.17, 15) is 4.79 Å². The van der Waals surface area contributed by atoms with Crippen LogP contribution in [0.4, 0.5) is 0 Å². The van der Waals surface area contributed by atoms with Crippen molar-refractivity contribution in [3.05, 3.63) is 0 Å². The van der Waals surface area contributed by atoms with Crippen molar-refractivity contribution in [3.63, 3.8) is 0 Å². The predicted octanol–water partition coefficient (Wildman–Crippen LogP) is 2.65. The summed E-state index contributed by atoms with van der Waals surface area (Å²) < 4.78 is 0. The maximum Gasteiger partial charge on any atom is 0.222 e. The number of nitrogens with zero attached hydrogens (tertiary/aromatic N) is 1. The van der Waals surface area contributed by atoms with Crippen molar-refractivity contribution >= 4 is 5.91 Å². The maximum absolute atomic E-state index is 12.0. The number of rotatable bonds is 9. The highest BCUT2D eigenvalue weighted by Crippen LogP contribution is 2.20. The van der Waals surface area contributed by atoms with Crippen molar-refractivity contribution < 1.29 is 4.79 Å². The molecule has 1 amide bonds. The molecule has 0 aromatic rings. The summed E-state index contributed by atoms with van der Waals surface area (Å²) in [4.78, 5) is 13.9. The van der Waals surface area contributed by atoms with Gasteiger partial charge in [-0.25, -0.2) is 0 Å². The van der Waals surface area contributed by atoms with Gasteiger partial charge in [0, 0.05) is 19.5 Å². The lowest BCUT2D eigenvalue weighted by molar-refractivity contribution is -0.131. The second-order valence-electron chi connectivity index (χ2n) is 5.09. The summed E-state index contributed by atoms with van der Waals surface area (Å²) in [6.07, 6.45) is 3.73. The lowest BCUT2D eigenvalue weighted by Crippen LogP contribution is -2.32. The topological polar surface area (TPSA) is 46.3 Å². The zero-order valence-electron chi connectivity index (χ0n) is 12.0. The van der Waals surface area contributed by atoms with Crippen molar-refractivity contribution in [2.24, 2.45) is 17.6 Å². The molecule has 0 fully saturated rings. The molecule has 0 saturated heterocycles. The molecule has 0 bridgehead atoms. The summed E-state index contributed by atoms with van der Waals surface area (Å²) in [5.41, 5.74) is 5.61. The summed E-state index contributed by atoms with van der Waals surface area (Å²) in [6.45, 7) is 11.0. The largest absolute Gasteiger partial charge is 0.343 e. The molecule has 3 heteroatoms. The van der Waals surface area contributed by atoms with E-state index >= 15 is 0 Å². The Morgan fingerprint density at radius 1 is 1.24 bits per heavy atom. The van der Waals surface area contributed by atoms with Crippen LogP contribution in [-0.4, -0.2) is 30.4 Å². The second-order valence-corrected chi connectivity index (χ2v) is 5.09. The average Bonchev–Trinajstić information content (AvgIpc) is 2.30. The molecule has 0 heterocycles. The number of nitrogens with two attached hydrogens (primary N) is 1. The Morgan fingerprint density at radius 3 is 2.29 bits per heavy atom. The molecular formula is C14H30N2O. The van der Waals surface area contributed by atoms with E-state index in [-0.39, 0.29) is 0 Å². The van der Waals surface area contributed by atoms with Crippen LogP contribution in [0.25, 0.3) is 0 Å². The van der Waals surface area contributed by atoms with Crippen LogP contribution in [0, 0.1) is 11.8 Å². The van der Waals surface area contributed by atoms with E-state index < -0.39 is 0 Å². The molecule has 2 N–H and O–H groups in total. The fourth-order valence-corrected chi connectivity index (χ4v) is 2.22. The first kappa shape index (κ1) is 16.4. The maximum atomic E-state index is 12.0. The summed E-state index contributed by atoms with van der Waals surface area (Å²) in [5, 5.41) is 0. The van der Waals surface area contributed by atoms with Crippen LogP contribution in [0.2, 0.25) is 0 Å². The Labute approximate surface area is 107 Å². The van der Waals surface area contributed by atoms with Crippen molar-refractivity contribution in [2.75, 3.05) is 19.6 Å². The molecule has 0 rings (SSSR count). The quantitative estimate of drug-likeness (QED) is 0.675. The molecule has 0 aromatic carbocycles. The Hall–Kier alpha value is -0.570. The number of carbonyl (C=O) groups excluding carboxylic acids is 1. The van der Waals surface area contributed by atoms with E-state index in [0.29, 0.717) is 24.2 Å². The molecule has 17 heavy (non-hydrogen) atoms. The third kappa shape index (κ3) is 6.67. The van der Waals surface area contributed by atoms with Crippen molar-refractivity contribution in [3.8, 4) is 0 Å². The normalized spacial score (nSPS) is 12.8. The molecule has 0 aliphatic heterocycles. The van der Waals surface area contributed by atoms with Gasteiger partial charge in [0.25, 0.3) is 0 Å². The van der Waals surface area contributed by atoms with Gasteiger partial charge in [-0.05, 0) is 44.6 Å². The molecular weight excluding hydrogens is 212 g/mol. The van der Waals surface area contributed by atoms with Gasteiger partial charge in [-0.3, -0.25) is 4.79 Å². The summed E-state index contributed by atoms with van der Waals surface area (Å²) >= 11 is 0. The fourth-order valence-electron chi connectivity index (χ4n) is 2.22. The van der Waals surface area contributed by atoms with E-state index in [0.717, 1.165) is 38.9 Å². The van der Waals surface area contributed by atoms with Crippen LogP contribution in [0.5, 0.6) is 0 Å². The van der Waals surface area contributed by atoms with E-state index in [4.69, 9.17) is 5.73 Å². The SMILES string of the molecule is CCCN(CC)C(=O)CCC(CCN)C(C)C. The standard InChI is InChI=1S/C14H30N2O/c1-5-11-16(6-2)14(17)8-7-13(9-10-15)12(3)4/h12-13H,5-11,15H2,1-4H3. The van der Waals surface area contributed by atoms with Crippen molar-refractivity contribution in [1.82, 2.24) is 4.90 Å². The van der Waals surface area contributed by atoms with Crippen LogP contribution in [0.1, 0.15) is 53.4 Å². The minimum Gasteiger partial charge on any atom is -0.343 e. The van der Waals surface area contributed by atoms with Crippen molar-refractivity contribution in [1.29, 1.82) is 0 Å². The molecule has 1 atom stereocenters. The fraction of sp³-hybridized carbons (Fsp3) is 0.929. The molecule has 0 spiro atoms.